The minimum Gasteiger partial charge on any atom is -0.309 e. The number of rotatable bonds is 1. The molecule has 0 fully saturated rings. The van der Waals surface area contributed by atoms with Crippen LogP contribution in [0.5, 0.6) is 0 Å². The van der Waals surface area contributed by atoms with Gasteiger partial charge in [0.15, 0.2) is 5.65 Å². The molecule has 8 aromatic rings. The van der Waals surface area contributed by atoms with Crippen molar-refractivity contribution < 1.29 is 0 Å². The zero-order chi connectivity index (χ0) is 22.2. The number of pyridine rings is 2. The molecule has 0 radical (unpaired) electrons. The minimum absolute atomic E-state index is 0.897. The average Bonchev–Trinajstić information content (AvgIpc) is 3.46. The number of fused-ring (bicyclic) bond motifs is 12. The lowest BCUT2D eigenvalue weighted by molar-refractivity contribution is 1.18. The summed E-state index contributed by atoms with van der Waals surface area (Å²) in [5, 5.41) is 4.77. The van der Waals surface area contributed by atoms with E-state index in [0.29, 0.717) is 0 Å². The second-order valence-electron chi connectivity index (χ2n) is 8.70. The summed E-state index contributed by atoms with van der Waals surface area (Å²) < 4.78 is 4.67. The molecule has 0 aliphatic rings. The van der Waals surface area contributed by atoms with Gasteiger partial charge in [0.2, 0.25) is 0 Å². The molecule has 0 aliphatic heterocycles. The highest BCUT2D eigenvalue weighted by molar-refractivity contribution is 6.26. The lowest BCUT2D eigenvalue weighted by Gasteiger charge is -2.11. The van der Waals surface area contributed by atoms with E-state index in [0.717, 1.165) is 33.3 Å². The van der Waals surface area contributed by atoms with Crippen molar-refractivity contribution in [2.45, 2.75) is 0 Å². The summed E-state index contributed by atoms with van der Waals surface area (Å²) in [5.74, 6) is 0. The van der Waals surface area contributed by atoms with Crippen molar-refractivity contribution in [2.24, 2.45) is 0 Å². The maximum atomic E-state index is 5.04. The molecule has 0 amide bonds. The molecule has 0 spiro atoms. The monoisotopic (exact) mass is 434 g/mol. The third-order valence-corrected chi connectivity index (χ3v) is 6.92. The Morgan fingerprint density at radius 1 is 0.559 bits per heavy atom. The molecule has 8 rings (SSSR count). The van der Waals surface area contributed by atoms with E-state index in [1.807, 2.05) is 18.3 Å². The predicted molar refractivity (Wildman–Crippen MR) is 140 cm³/mol. The number of hydrogen-bond acceptors (Lipinski definition) is 2. The van der Waals surface area contributed by atoms with E-state index in [2.05, 4.69) is 100.0 Å². The van der Waals surface area contributed by atoms with Gasteiger partial charge in [0.25, 0.3) is 0 Å². The summed E-state index contributed by atoms with van der Waals surface area (Å²) in [6.45, 7) is 0. The topological polar surface area (TPSA) is 35.1 Å². The van der Waals surface area contributed by atoms with Crippen LogP contribution in [0, 0.1) is 0 Å². The second-order valence-corrected chi connectivity index (χ2v) is 8.70. The molecule has 4 heterocycles. The minimum atomic E-state index is 0.897. The van der Waals surface area contributed by atoms with Crippen LogP contribution in [0.15, 0.2) is 109 Å². The fourth-order valence-corrected chi connectivity index (χ4v) is 5.56. The lowest BCUT2D eigenvalue weighted by atomic mass is 10.0. The van der Waals surface area contributed by atoms with Crippen LogP contribution in [0.3, 0.4) is 0 Å². The molecule has 4 aromatic heterocycles. The maximum Gasteiger partial charge on any atom is 0.165 e. The Labute approximate surface area is 194 Å². The van der Waals surface area contributed by atoms with E-state index in [9.17, 15) is 0 Å². The Morgan fingerprint density at radius 2 is 1.32 bits per heavy atom. The molecule has 0 unspecified atom stereocenters. The Kier molecular flexibility index (Phi) is 3.36. The summed E-state index contributed by atoms with van der Waals surface area (Å²) in [6.07, 6.45) is 1.85. The molecule has 158 valence electrons. The standard InChI is InChI=1S/C30H18N4/c1-2-9-19(10-3-1)33-24-14-6-4-11-22(24)27-26(33)17-16-21-20-12-8-18-31-28(20)30-32-23-13-5-7-15-25(23)34(30)29(21)27/h1-18H. The van der Waals surface area contributed by atoms with Gasteiger partial charge in [-0.2, -0.15) is 0 Å². The summed E-state index contributed by atoms with van der Waals surface area (Å²) in [4.78, 5) is 9.80. The highest BCUT2D eigenvalue weighted by Gasteiger charge is 2.20. The first-order valence-electron chi connectivity index (χ1n) is 11.5. The Bertz CT molecular complexity index is 2060. The quantitative estimate of drug-likeness (QED) is 0.254. The first-order valence-corrected chi connectivity index (χ1v) is 11.5. The average molecular weight is 435 g/mol. The van der Waals surface area contributed by atoms with Crippen LogP contribution in [0.2, 0.25) is 0 Å². The Hall–Kier alpha value is -4.70. The largest absolute Gasteiger partial charge is 0.309 e. The van der Waals surface area contributed by atoms with Crippen molar-refractivity contribution in [3.63, 3.8) is 0 Å². The van der Waals surface area contributed by atoms with Crippen molar-refractivity contribution in [3.05, 3.63) is 109 Å². The van der Waals surface area contributed by atoms with E-state index in [-0.39, 0.29) is 0 Å². The first-order chi connectivity index (χ1) is 16.9. The van der Waals surface area contributed by atoms with E-state index < -0.39 is 0 Å². The SMILES string of the molecule is c1ccc(-n2c3ccccc3c3c2ccc2c4cccnc4c4nc5ccccc5n4c23)cc1. The van der Waals surface area contributed by atoms with Crippen LogP contribution in [-0.4, -0.2) is 18.9 Å². The van der Waals surface area contributed by atoms with Crippen molar-refractivity contribution in [1.29, 1.82) is 0 Å². The molecule has 34 heavy (non-hydrogen) atoms. The zero-order valence-electron chi connectivity index (χ0n) is 18.2. The zero-order valence-corrected chi connectivity index (χ0v) is 18.2. The fourth-order valence-electron chi connectivity index (χ4n) is 5.56. The second kappa shape index (κ2) is 6.42. The van der Waals surface area contributed by atoms with Crippen LogP contribution < -0.4 is 0 Å². The Morgan fingerprint density at radius 3 is 2.24 bits per heavy atom. The molecule has 0 N–H and O–H groups in total. The normalized spacial score (nSPS) is 12.1. The van der Waals surface area contributed by atoms with E-state index >= 15 is 0 Å². The van der Waals surface area contributed by atoms with Gasteiger partial charge in [-0.05, 0) is 42.5 Å². The third kappa shape index (κ3) is 2.17. The van der Waals surface area contributed by atoms with Gasteiger partial charge < -0.3 is 4.57 Å². The molecule has 0 saturated carbocycles. The number of hydrogen-bond donors (Lipinski definition) is 0. The highest BCUT2D eigenvalue weighted by Crippen LogP contribution is 2.40. The highest BCUT2D eigenvalue weighted by atomic mass is 15.0. The molecule has 0 atom stereocenters. The summed E-state index contributed by atoms with van der Waals surface area (Å²) in [6, 6.07) is 36.3. The van der Waals surface area contributed by atoms with Gasteiger partial charge >= 0.3 is 0 Å². The van der Waals surface area contributed by atoms with Gasteiger partial charge in [-0.15, -0.1) is 0 Å². The van der Waals surface area contributed by atoms with Crippen molar-refractivity contribution >= 4 is 60.3 Å². The molecule has 0 saturated heterocycles. The van der Waals surface area contributed by atoms with Crippen LogP contribution in [0.25, 0.3) is 66.0 Å². The number of nitrogens with zero attached hydrogens (tertiary/aromatic N) is 4. The van der Waals surface area contributed by atoms with Gasteiger partial charge in [0.1, 0.15) is 5.52 Å². The predicted octanol–water partition coefficient (Wildman–Crippen LogP) is 7.29. The van der Waals surface area contributed by atoms with Crippen molar-refractivity contribution in [1.82, 2.24) is 18.9 Å². The maximum absolute atomic E-state index is 5.04. The fraction of sp³-hybridized carbons (Fsp3) is 0. The van der Waals surface area contributed by atoms with Gasteiger partial charge in [-0.25, -0.2) is 4.98 Å². The Balaban J connectivity index is 1.74. The smallest absolute Gasteiger partial charge is 0.165 e. The number of benzene rings is 4. The molecule has 4 heteroatoms. The van der Waals surface area contributed by atoms with Crippen molar-refractivity contribution in [3.8, 4) is 5.69 Å². The van der Waals surface area contributed by atoms with Crippen LogP contribution >= 0.6 is 0 Å². The summed E-state index contributed by atoms with van der Waals surface area (Å²) in [5.41, 5.74) is 8.60. The lowest BCUT2D eigenvalue weighted by Crippen LogP contribution is -1.95. The summed E-state index contributed by atoms with van der Waals surface area (Å²) in [7, 11) is 0. The van der Waals surface area contributed by atoms with Crippen LogP contribution in [-0.2, 0) is 0 Å². The number of imidazole rings is 1. The molecular weight excluding hydrogens is 416 g/mol. The molecular formula is C30H18N4. The molecule has 0 aliphatic carbocycles. The van der Waals surface area contributed by atoms with Gasteiger partial charge in [0, 0.05) is 33.4 Å². The van der Waals surface area contributed by atoms with Crippen molar-refractivity contribution in [2.75, 3.05) is 0 Å². The summed E-state index contributed by atoms with van der Waals surface area (Å²) >= 11 is 0. The van der Waals surface area contributed by atoms with Crippen LogP contribution in [0.4, 0.5) is 0 Å². The molecule has 4 nitrogen and oxygen atoms in total. The first kappa shape index (κ1) is 17.8. The van der Waals surface area contributed by atoms with E-state index in [1.54, 1.807) is 0 Å². The third-order valence-electron chi connectivity index (χ3n) is 6.92. The molecule has 4 aromatic carbocycles. The van der Waals surface area contributed by atoms with Crippen LogP contribution in [0.1, 0.15) is 0 Å². The van der Waals surface area contributed by atoms with Gasteiger partial charge in [-0.3, -0.25) is 9.38 Å². The number of aromatic nitrogens is 4. The van der Waals surface area contributed by atoms with E-state index in [1.165, 1.54) is 32.7 Å². The van der Waals surface area contributed by atoms with Gasteiger partial charge in [0.05, 0.1) is 27.6 Å². The number of para-hydroxylation sites is 4. The molecule has 0 bridgehead atoms. The van der Waals surface area contributed by atoms with E-state index in [4.69, 9.17) is 9.97 Å². The van der Waals surface area contributed by atoms with Gasteiger partial charge in [-0.1, -0.05) is 60.7 Å².